The van der Waals surface area contributed by atoms with Crippen molar-refractivity contribution >= 4 is 5.91 Å². The molecule has 1 aromatic rings. The minimum atomic E-state index is 0.0302. The van der Waals surface area contributed by atoms with Gasteiger partial charge in [0.2, 0.25) is 5.91 Å². The molecule has 5 heteroatoms. The summed E-state index contributed by atoms with van der Waals surface area (Å²) in [5.41, 5.74) is 6.37. The quantitative estimate of drug-likeness (QED) is 0.734. The highest BCUT2D eigenvalue weighted by molar-refractivity contribution is 5.75. The summed E-state index contributed by atoms with van der Waals surface area (Å²) in [6.45, 7) is 5.04. The number of amides is 1. The lowest BCUT2D eigenvalue weighted by Gasteiger charge is -2.12. The topological polar surface area (TPSA) is 72.9 Å². The summed E-state index contributed by atoms with van der Waals surface area (Å²) < 4.78 is 1.79. The van der Waals surface area contributed by atoms with E-state index in [0.29, 0.717) is 13.1 Å². The van der Waals surface area contributed by atoms with Gasteiger partial charge < -0.3 is 15.6 Å². The molecule has 0 bridgehead atoms. The number of hydrogen-bond donors (Lipinski definition) is 2. The number of hydrogen-bond acceptors (Lipinski definition) is 3. The molecule has 0 saturated heterocycles. The summed E-state index contributed by atoms with van der Waals surface area (Å²) >= 11 is 0. The van der Waals surface area contributed by atoms with Crippen LogP contribution in [0, 0.1) is 0 Å². The Kier molecular flexibility index (Phi) is 5.69. The van der Waals surface area contributed by atoms with Gasteiger partial charge in [-0.2, -0.15) is 0 Å². The fourth-order valence-electron chi connectivity index (χ4n) is 1.76. The summed E-state index contributed by atoms with van der Waals surface area (Å²) in [5.74, 6) is 0.0302. The first-order chi connectivity index (χ1) is 8.15. The number of carbonyl (C=O) groups excluding carboxylic acids is 1. The first-order valence-corrected chi connectivity index (χ1v) is 6.15. The van der Waals surface area contributed by atoms with Gasteiger partial charge >= 0.3 is 0 Å². The molecular weight excluding hydrogens is 216 g/mol. The van der Waals surface area contributed by atoms with Crippen LogP contribution < -0.4 is 11.1 Å². The van der Waals surface area contributed by atoms with Crippen molar-refractivity contribution in [2.45, 2.75) is 45.7 Å². The molecule has 0 radical (unpaired) electrons. The molecule has 0 spiro atoms. The fraction of sp³-hybridized carbons (Fsp3) is 0.667. The van der Waals surface area contributed by atoms with Crippen molar-refractivity contribution in [1.29, 1.82) is 0 Å². The average molecular weight is 238 g/mol. The maximum absolute atomic E-state index is 11.7. The zero-order valence-corrected chi connectivity index (χ0v) is 10.6. The van der Waals surface area contributed by atoms with Gasteiger partial charge in [-0.1, -0.05) is 13.3 Å². The van der Waals surface area contributed by atoms with Crippen LogP contribution in [0.15, 0.2) is 12.5 Å². The lowest BCUT2D eigenvalue weighted by atomic mass is 10.2. The third-order valence-corrected chi connectivity index (χ3v) is 2.54. The Hall–Kier alpha value is -1.36. The van der Waals surface area contributed by atoms with Crippen molar-refractivity contribution in [2.75, 3.05) is 6.54 Å². The predicted molar refractivity (Wildman–Crippen MR) is 67.5 cm³/mol. The summed E-state index contributed by atoms with van der Waals surface area (Å²) in [7, 11) is 0. The van der Waals surface area contributed by atoms with E-state index in [1.165, 1.54) is 0 Å². The van der Waals surface area contributed by atoms with E-state index in [1.807, 2.05) is 13.1 Å². The van der Waals surface area contributed by atoms with Crippen LogP contribution in [0.25, 0.3) is 0 Å². The molecule has 5 nitrogen and oxygen atoms in total. The number of carbonyl (C=O) groups is 1. The van der Waals surface area contributed by atoms with Gasteiger partial charge in [0.15, 0.2) is 0 Å². The zero-order valence-electron chi connectivity index (χ0n) is 10.6. The molecule has 96 valence electrons. The Morgan fingerprint density at radius 3 is 3.06 bits per heavy atom. The number of nitrogens with two attached hydrogens (primary N) is 1. The summed E-state index contributed by atoms with van der Waals surface area (Å²) in [4.78, 5) is 15.9. The van der Waals surface area contributed by atoms with Crippen LogP contribution in [0.5, 0.6) is 0 Å². The SMILES string of the molecule is CCCC(C)NC(=O)Cn1cnc(CCN)c1. The van der Waals surface area contributed by atoms with Crippen LogP contribution >= 0.6 is 0 Å². The van der Waals surface area contributed by atoms with E-state index >= 15 is 0 Å². The number of aromatic nitrogens is 2. The van der Waals surface area contributed by atoms with E-state index in [0.717, 1.165) is 25.0 Å². The number of nitrogens with zero attached hydrogens (tertiary/aromatic N) is 2. The van der Waals surface area contributed by atoms with E-state index in [1.54, 1.807) is 10.9 Å². The molecule has 1 heterocycles. The van der Waals surface area contributed by atoms with E-state index in [-0.39, 0.29) is 11.9 Å². The molecule has 1 aromatic heterocycles. The first kappa shape index (κ1) is 13.7. The van der Waals surface area contributed by atoms with Gasteiger partial charge in [-0.05, 0) is 19.9 Å². The third-order valence-electron chi connectivity index (χ3n) is 2.54. The largest absolute Gasteiger partial charge is 0.352 e. The van der Waals surface area contributed by atoms with Gasteiger partial charge in [-0.25, -0.2) is 4.98 Å². The summed E-state index contributed by atoms with van der Waals surface area (Å²) in [5, 5.41) is 2.96. The molecule has 1 amide bonds. The maximum atomic E-state index is 11.7. The van der Waals surface area contributed by atoms with Crippen LogP contribution in [0.1, 0.15) is 32.4 Å². The van der Waals surface area contributed by atoms with Crippen LogP contribution in [0.4, 0.5) is 0 Å². The van der Waals surface area contributed by atoms with Crippen molar-refractivity contribution in [3.8, 4) is 0 Å². The molecular formula is C12H22N4O. The molecule has 1 rings (SSSR count). The third kappa shape index (κ3) is 4.99. The molecule has 0 aromatic carbocycles. The van der Waals surface area contributed by atoms with E-state index in [4.69, 9.17) is 5.73 Å². The van der Waals surface area contributed by atoms with E-state index in [2.05, 4.69) is 17.2 Å². The summed E-state index contributed by atoms with van der Waals surface area (Å²) in [6, 6.07) is 0.236. The van der Waals surface area contributed by atoms with Crippen molar-refractivity contribution in [3.05, 3.63) is 18.2 Å². The fourth-order valence-corrected chi connectivity index (χ4v) is 1.76. The number of imidazole rings is 1. The molecule has 1 atom stereocenters. The minimum Gasteiger partial charge on any atom is -0.352 e. The molecule has 1 unspecified atom stereocenters. The Bertz CT molecular complexity index is 348. The van der Waals surface area contributed by atoms with Crippen molar-refractivity contribution in [1.82, 2.24) is 14.9 Å². The van der Waals surface area contributed by atoms with Crippen molar-refractivity contribution in [3.63, 3.8) is 0 Å². The van der Waals surface area contributed by atoms with Crippen molar-refractivity contribution < 1.29 is 4.79 Å². The second-order valence-corrected chi connectivity index (χ2v) is 4.33. The van der Waals surface area contributed by atoms with Gasteiger partial charge in [-0.3, -0.25) is 4.79 Å². The second kappa shape index (κ2) is 7.06. The zero-order chi connectivity index (χ0) is 12.7. The first-order valence-electron chi connectivity index (χ1n) is 6.15. The highest BCUT2D eigenvalue weighted by Crippen LogP contribution is 1.98. The van der Waals surface area contributed by atoms with E-state index in [9.17, 15) is 4.79 Å². The highest BCUT2D eigenvalue weighted by atomic mass is 16.2. The molecule has 0 fully saturated rings. The highest BCUT2D eigenvalue weighted by Gasteiger charge is 2.07. The van der Waals surface area contributed by atoms with Crippen molar-refractivity contribution in [2.24, 2.45) is 5.73 Å². The average Bonchev–Trinajstić information content (AvgIpc) is 2.66. The minimum absolute atomic E-state index is 0.0302. The summed E-state index contributed by atoms with van der Waals surface area (Å²) in [6.07, 6.45) is 6.38. The lowest BCUT2D eigenvalue weighted by Crippen LogP contribution is -2.34. The Morgan fingerprint density at radius 2 is 2.41 bits per heavy atom. The maximum Gasteiger partial charge on any atom is 0.240 e. The molecule has 0 aliphatic heterocycles. The van der Waals surface area contributed by atoms with Crippen LogP contribution in [0.3, 0.4) is 0 Å². The van der Waals surface area contributed by atoms with Crippen LogP contribution in [-0.4, -0.2) is 28.0 Å². The lowest BCUT2D eigenvalue weighted by molar-refractivity contribution is -0.122. The van der Waals surface area contributed by atoms with E-state index < -0.39 is 0 Å². The number of nitrogens with one attached hydrogen (secondary N) is 1. The Labute approximate surface area is 102 Å². The normalized spacial score (nSPS) is 12.4. The molecule has 3 N–H and O–H groups in total. The van der Waals surface area contributed by atoms with Crippen LogP contribution in [0.2, 0.25) is 0 Å². The van der Waals surface area contributed by atoms with Crippen LogP contribution in [-0.2, 0) is 17.8 Å². The smallest absolute Gasteiger partial charge is 0.240 e. The van der Waals surface area contributed by atoms with Gasteiger partial charge in [0.25, 0.3) is 0 Å². The molecule has 0 aliphatic rings. The Morgan fingerprint density at radius 1 is 1.65 bits per heavy atom. The second-order valence-electron chi connectivity index (χ2n) is 4.33. The standard InChI is InChI=1S/C12H22N4O/c1-3-4-10(2)15-12(17)8-16-7-11(5-6-13)14-9-16/h7,9-10H,3-6,8,13H2,1-2H3,(H,15,17). The Balaban J connectivity index is 2.39. The van der Waals surface area contributed by atoms with Gasteiger partial charge in [0.05, 0.1) is 12.0 Å². The predicted octanol–water partition coefficient (Wildman–Crippen LogP) is 0.689. The number of rotatable bonds is 7. The molecule has 0 saturated carbocycles. The monoisotopic (exact) mass is 238 g/mol. The van der Waals surface area contributed by atoms with Gasteiger partial charge in [0.1, 0.15) is 6.54 Å². The van der Waals surface area contributed by atoms with Gasteiger partial charge in [0, 0.05) is 18.7 Å². The van der Waals surface area contributed by atoms with Gasteiger partial charge in [-0.15, -0.1) is 0 Å². The molecule has 0 aliphatic carbocycles. The molecule has 17 heavy (non-hydrogen) atoms.